The van der Waals surface area contributed by atoms with Crippen molar-refractivity contribution in [1.29, 1.82) is 0 Å². The predicted molar refractivity (Wildman–Crippen MR) is 161 cm³/mol. The fourth-order valence-corrected chi connectivity index (χ4v) is 4.82. The molecule has 10 nitrogen and oxygen atoms in total. The molecule has 4 N–H and O–H groups in total. The van der Waals surface area contributed by atoms with Crippen molar-refractivity contribution in [2.75, 3.05) is 24.2 Å². The number of hydrogen-bond acceptors (Lipinski definition) is 8. The SMILES string of the molecule is CNC(=O)c1ccnc2c([C@H](C)CNc3cc(-c4ccc(NCc5nc6ccccc6[nH]5)nc4)ncn3)cccc12. The first-order valence-corrected chi connectivity index (χ1v) is 13.4. The maximum absolute atomic E-state index is 12.3. The van der Waals surface area contributed by atoms with Gasteiger partial charge >= 0.3 is 0 Å². The molecule has 1 amide bonds. The van der Waals surface area contributed by atoms with Gasteiger partial charge in [0.25, 0.3) is 5.91 Å². The summed E-state index contributed by atoms with van der Waals surface area (Å²) in [6.07, 6.45) is 5.02. The van der Waals surface area contributed by atoms with Crippen molar-refractivity contribution in [3.05, 3.63) is 102 Å². The van der Waals surface area contributed by atoms with Crippen molar-refractivity contribution in [3.8, 4) is 11.3 Å². The van der Waals surface area contributed by atoms with Crippen LogP contribution in [-0.4, -0.2) is 49.4 Å². The van der Waals surface area contributed by atoms with E-state index >= 15 is 0 Å². The first-order valence-electron chi connectivity index (χ1n) is 13.4. The number of carbonyl (C=O) groups is 1. The Balaban J connectivity index is 1.11. The highest BCUT2D eigenvalue weighted by molar-refractivity contribution is 6.06. The van der Waals surface area contributed by atoms with E-state index in [0.29, 0.717) is 24.5 Å². The zero-order valence-electron chi connectivity index (χ0n) is 22.7. The number of para-hydroxylation sites is 3. The monoisotopic (exact) mass is 543 g/mol. The van der Waals surface area contributed by atoms with E-state index in [0.717, 1.165) is 50.4 Å². The van der Waals surface area contributed by atoms with E-state index < -0.39 is 0 Å². The molecular formula is C31H29N9O. The van der Waals surface area contributed by atoms with Crippen LogP contribution in [0.5, 0.6) is 0 Å². The van der Waals surface area contributed by atoms with Crippen LogP contribution in [0.15, 0.2) is 85.5 Å². The number of imidazole rings is 1. The number of benzene rings is 2. The molecule has 4 heterocycles. The van der Waals surface area contributed by atoms with Gasteiger partial charge in [-0.15, -0.1) is 0 Å². The third kappa shape index (κ3) is 5.53. The quantitative estimate of drug-likeness (QED) is 0.197. The molecule has 6 rings (SSSR count). The van der Waals surface area contributed by atoms with Gasteiger partial charge in [-0.25, -0.2) is 19.9 Å². The third-order valence-corrected chi connectivity index (χ3v) is 7.00. The third-order valence-electron chi connectivity index (χ3n) is 7.00. The van der Waals surface area contributed by atoms with Gasteiger partial charge in [-0.3, -0.25) is 9.78 Å². The lowest BCUT2D eigenvalue weighted by molar-refractivity contribution is 0.0964. The molecule has 0 aliphatic heterocycles. The van der Waals surface area contributed by atoms with Gasteiger partial charge in [-0.05, 0) is 35.9 Å². The van der Waals surface area contributed by atoms with E-state index in [1.54, 1.807) is 31.8 Å². The lowest BCUT2D eigenvalue weighted by Gasteiger charge is -2.16. The van der Waals surface area contributed by atoms with Gasteiger partial charge < -0.3 is 20.9 Å². The second-order valence-corrected chi connectivity index (χ2v) is 9.74. The first kappa shape index (κ1) is 25.9. The second-order valence-electron chi connectivity index (χ2n) is 9.74. The molecule has 1 atom stereocenters. The van der Waals surface area contributed by atoms with Crippen LogP contribution in [0.25, 0.3) is 33.2 Å². The molecule has 204 valence electrons. The van der Waals surface area contributed by atoms with E-state index in [1.807, 2.05) is 54.6 Å². The zero-order valence-corrected chi connectivity index (χ0v) is 22.7. The van der Waals surface area contributed by atoms with Crippen molar-refractivity contribution in [2.45, 2.75) is 19.4 Å². The largest absolute Gasteiger partial charge is 0.369 e. The molecule has 0 aliphatic rings. The fourth-order valence-electron chi connectivity index (χ4n) is 4.82. The van der Waals surface area contributed by atoms with Crippen LogP contribution in [0.1, 0.15) is 34.6 Å². The highest BCUT2D eigenvalue weighted by atomic mass is 16.1. The molecule has 0 bridgehead atoms. The van der Waals surface area contributed by atoms with Crippen LogP contribution in [0.3, 0.4) is 0 Å². The Morgan fingerprint density at radius 2 is 1.83 bits per heavy atom. The molecule has 0 aliphatic carbocycles. The number of aromatic amines is 1. The summed E-state index contributed by atoms with van der Waals surface area (Å²) in [6.45, 7) is 3.30. The topological polar surface area (TPSA) is 133 Å². The van der Waals surface area contributed by atoms with Gasteiger partial charge in [0, 0.05) is 48.9 Å². The Bertz CT molecular complexity index is 1800. The number of H-pyrrole nitrogens is 1. The molecule has 0 unspecified atom stereocenters. The van der Waals surface area contributed by atoms with Crippen molar-refractivity contribution >= 4 is 39.5 Å². The summed E-state index contributed by atoms with van der Waals surface area (Å²) in [6, 6.07) is 21.5. The molecule has 10 heteroatoms. The van der Waals surface area contributed by atoms with Crippen molar-refractivity contribution < 1.29 is 4.79 Å². The van der Waals surface area contributed by atoms with Crippen LogP contribution in [0.4, 0.5) is 11.6 Å². The van der Waals surface area contributed by atoms with E-state index in [9.17, 15) is 4.79 Å². The summed E-state index contributed by atoms with van der Waals surface area (Å²) in [7, 11) is 1.63. The van der Waals surface area contributed by atoms with Gasteiger partial charge in [0.05, 0.1) is 34.4 Å². The minimum absolute atomic E-state index is 0.114. The predicted octanol–water partition coefficient (Wildman–Crippen LogP) is 5.15. The molecule has 0 saturated carbocycles. The fraction of sp³-hybridized carbons (Fsp3) is 0.161. The van der Waals surface area contributed by atoms with Gasteiger partial charge in [0.2, 0.25) is 0 Å². The first-order chi connectivity index (χ1) is 20.1. The molecule has 2 aromatic carbocycles. The number of rotatable bonds is 9. The van der Waals surface area contributed by atoms with E-state index in [-0.39, 0.29) is 11.8 Å². The molecule has 0 spiro atoms. The Hall–Kier alpha value is -5.38. The highest BCUT2D eigenvalue weighted by Crippen LogP contribution is 2.27. The second kappa shape index (κ2) is 11.4. The number of nitrogens with zero attached hydrogens (tertiary/aromatic N) is 5. The average molecular weight is 544 g/mol. The van der Waals surface area contributed by atoms with Crippen LogP contribution < -0.4 is 16.0 Å². The lowest BCUT2D eigenvalue weighted by Crippen LogP contribution is -2.18. The molecular weight excluding hydrogens is 514 g/mol. The van der Waals surface area contributed by atoms with Crippen LogP contribution in [0.2, 0.25) is 0 Å². The summed E-state index contributed by atoms with van der Waals surface area (Å²) >= 11 is 0. The molecule has 6 aromatic rings. The Morgan fingerprint density at radius 1 is 0.927 bits per heavy atom. The van der Waals surface area contributed by atoms with Crippen LogP contribution in [0, 0.1) is 0 Å². The Morgan fingerprint density at radius 3 is 2.66 bits per heavy atom. The number of anilines is 2. The average Bonchev–Trinajstić information content (AvgIpc) is 3.45. The summed E-state index contributed by atoms with van der Waals surface area (Å²) in [5.41, 5.74) is 6.12. The number of hydrogen-bond donors (Lipinski definition) is 4. The van der Waals surface area contributed by atoms with Gasteiger partial charge in [-0.2, -0.15) is 0 Å². The van der Waals surface area contributed by atoms with Crippen LogP contribution >= 0.6 is 0 Å². The molecule has 0 saturated heterocycles. The molecule has 0 fully saturated rings. The van der Waals surface area contributed by atoms with Crippen molar-refractivity contribution in [2.24, 2.45) is 0 Å². The number of pyridine rings is 2. The normalized spacial score (nSPS) is 11.9. The lowest BCUT2D eigenvalue weighted by atomic mass is 9.96. The summed E-state index contributed by atoms with van der Waals surface area (Å²) in [4.78, 5) is 38.2. The standard InChI is InChI=1S/C31H29N9O/c1-19(21-6-5-7-22-23(31(41)32-2)12-13-33-30(21)22)15-34-28-14-26(37-18-38-28)20-10-11-27(35-16-20)36-17-29-39-24-8-3-4-9-25(24)40-29/h3-14,16,18-19H,15,17H2,1-2H3,(H,32,41)(H,35,36)(H,39,40)(H,34,37,38)/t19-/m1/s1. The summed E-state index contributed by atoms with van der Waals surface area (Å²) < 4.78 is 0. The van der Waals surface area contributed by atoms with Crippen LogP contribution in [-0.2, 0) is 6.54 Å². The van der Waals surface area contributed by atoms with Gasteiger partial charge in [0.15, 0.2) is 0 Å². The number of carbonyl (C=O) groups excluding carboxylic acids is 1. The number of nitrogens with one attached hydrogen (secondary N) is 4. The van der Waals surface area contributed by atoms with Gasteiger partial charge in [0.1, 0.15) is 23.8 Å². The number of aromatic nitrogens is 6. The van der Waals surface area contributed by atoms with E-state index in [2.05, 4.69) is 58.8 Å². The molecule has 0 radical (unpaired) electrons. The number of fused-ring (bicyclic) bond motifs is 2. The molecule has 41 heavy (non-hydrogen) atoms. The Kier molecular flexibility index (Phi) is 7.19. The van der Waals surface area contributed by atoms with Crippen molar-refractivity contribution in [1.82, 2.24) is 35.2 Å². The van der Waals surface area contributed by atoms with E-state index in [1.165, 1.54) is 0 Å². The molecule has 4 aromatic heterocycles. The van der Waals surface area contributed by atoms with E-state index in [4.69, 9.17) is 0 Å². The highest BCUT2D eigenvalue weighted by Gasteiger charge is 2.15. The maximum Gasteiger partial charge on any atom is 0.251 e. The summed E-state index contributed by atoms with van der Waals surface area (Å²) in [5.74, 6) is 2.30. The number of amides is 1. The zero-order chi connectivity index (χ0) is 28.2. The van der Waals surface area contributed by atoms with Gasteiger partial charge in [-0.1, -0.05) is 37.3 Å². The summed E-state index contributed by atoms with van der Waals surface area (Å²) in [5, 5.41) is 10.3. The minimum Gasteiger partial charge on any atom is -0.369 e. The minimum atomic E-state index is -0.127. The maximum atomic E-state index is 12.3. The smallest absolute Gasteiger partial charge is 0.251 e. The van der Waals surface area contributed by atoms with Crippen molar-refractivity contribution in [3.63, 3.8) is 0 Å². The Labute approximate surface area is 236 Å².